The fourth-order valence-electron chi connectivity index (χ4n) is 2.91. The van der Waals surface area contributed by atoms with Gasteiger partial charge in [-0.25, -0.2) is 8.78 Å². The van der Waals surface area contributed by atoms with Gasteiger partial charge in [-0.05, 0) is 31.7 Å². The molecule has 1 aromatic rings. The van der Waals surface area contributed by atoms with Gasteiger partial charge in [-0.2, -0.15) is 0 Å². The molecule has 1 fully saturated rings. The average Bonchev–Trinajstić information content (AvgIpc) is 3.31. The van der Waals surface area contributed by atoms with E-state index in [-0.39, 0.29) is 18.6 Å². The third-order valence-electron chi connectivity index (χ3n) is 4.35. The third kappa shape index (κ3) is 3.78. The highest BCUT2D eigenvalue weighted by molar-refractivity contribution is 5.23. The van der Waals surface area contributed by atoms with Crippen molar-refractivity contribution in [1.29, 1.82) is 0 Å². The maximum atomic E-state index is 14.1. The Morgan fingerprint density at radius 3 is 2.67 bits per heavy atom. The van der Waals surface area contributed by atoms with Crippen molar-refractivity contribution < 1.29 is 13.5 Å². The third-order valence-corrected chi connectivity index (χ3v) is 4.35. The van der Waals surface area contributed by atoms with Crippen LogP contribution in [0.5, 0.6) is 0 Å². The molecule has 0 saturated heterocycles. The van der Waals surface area contributed by atoms with Crippen LogP contribution >= 0.6 is 0 Å². The highest BCUT2D eigenvalue weighted by atomic mass is 19.2. The summed E-state index contributed by atoms with van der Waals surface area (Å²) in [4.78, 5) is 2.15. The van der Waals surface area contributed by atoms with Crippen LogP contribution in [-0.4, -0.2) is 37.7 Å². The second-order valence-corrected chi connectivity index (χ2v) is 5.70. The van der Waals surface area contributed by atoms with Gasteiger partial charge >= 0.3 is 0 Å². The lowest BCUT2D eigenvalue weighted by Gasteiger charge is -2.36. The molecule has 2 atom stereocenters. The van der Waals surface area contributed by atoms with Gasteiger partial charge in [0.15, 0.2) is 11.6 Å². The smallest absolute Gasteiger partial charge is 0.163 e. The predicted molar refractivity (Wildman–Crippen MR) is 78.9 cm³/mol. The lowest BCUT2D eigenvalue weighted by atomic mass is 10.0. The molecule has 0 bridgehead atoms. The van der Waals surface area contributed by atoms with Crippen LogP contribution in [0.1, 0.15) is 31.4 Å². The molecule has 0 radical (unpaired) electrons. The molecule has 0 aliphatic heterocycles. The number of nitrogens with two attached hydrogens (primary N) is 1. The quantitative estimate of drug-likeness (QED) is 0.802. The fraction of sp³-hybridized carbons (Fsp3) is 0.625. The minimum atomic E-state index is -0.822. The van der Waals surface area contributed by atoms with E-state index in [0.717, 1.165) is 6.07 Å². The highest BCUT2D eigenvalue weighted by Crippen LogP contribution is 2.38. The first-order valence-corrected chi connectivity index (χ1v) is 7.48. The maximum Gasteiger partial charge on any atom is 0.163 e. The standard InChI is InChI=1S/C16H24F2N2O/c1-11(12-6-7-12)20(8-9-21-2)15(10-19)13-4-3-5-14(17)16(13)18/h3-5,11-12,15H,6-10,19H2,1-2H3. The zero-order chi connectivity index (χ0) is 15.4. The average molecular weight is 298 g/mol. The molecule has 3 nitrogen and oxygen atoms in total. The van der Waals surface area contributed by atoms with Crippen LogP contribution in [0.2, 0.25) is 0 Å². The molecule has 2 unspecified atom stereocenters. The number of methoxy groups -OCH3 is 1. The van der Waals surface area contributed by atoms with Gasteiger partial charge in [0.05, 0.1) is 12.6 Å². The number of hydrogen-bond donors (Lipinski definition) is 1. The predicted octanol–water partition coefficient (Wildman–Crippen LogP) is 2.71. The summed E-state index contributed by atoms with van der Waals surface area (Å²) in [5, 5.41) is 0. The van der Waals surface area contributed by atoms with E-state index in [0.29, 0.717) is 24.6 Å². The summed E-state index contributed by atoms with van der Waals surface area (Å²) in [5.41, 5.74) is 6.22. The Hall–Kier alpha value is -1.04. The largest absolute Gasteiger partial charge is 0.383 e. The Morgan fingerprint density at radius 2 is 2.10 bits per heavy atom. The molecule has 1 aromatic carbocycles. The topological polar surface area (TPSA) is 38.5 Å². The lowest BCUT2D eigenvalue weighted by Crippen LogP contribution is -2.43. The molecule has 0 heterocycles. The first-order chi connectivity index (χ1) is 10.1. The van der Waals surface area contributed by atoms with Gasteiger partial charge < -0.3 is 10.5 Å². The molecule has 2 N–H and O–H groups in total. The number of hydrogen-bond acceptors (Lipinski definition) is 3. The van der Waals surface area contributed by atoms with Gasteiger partial charge in [0, 0.05) is 31.8 Å². The molecule has 0 spiro atoms. The minimum Gasteiger partial charge on any atom is -0.383 e. The van der Waals surface area contributed by atoms with E-state index in [1.165, 1.54) is 18.9 Å². The van der Waals surface area contributed by atoms with Gasteiger partial charge in [0.1, 0.15) is 0 Å². The van der Waals surface area contributed by atoms with Crippen LogP contribution in [0.3, 0.4) is 0 Å². The Balaban J connectivity index is 2.26. The molecule has 5 heteroatoms. The summed E-state index contributed by atoms with van der Waals surface area (Å²) >= 11 is 0. The van der Waals surface area contributed by atoms with Crippen molar-refractivity contribution in [1.82, 2.24) is 4.90 Å². The van der Waals surface area contributed by atoms with Crippen LogP contribution in [0.4, 0.5) is 8.78 Å². The summed E-state index contributed by atoms with van der Waals surface area (Å²) in [6.45, 7) is 3.59. The molecule has 21 heavy (non-hydrogen) atoms. The number of rotatable bonds is 8. The Morgan fingerprint density at radius 1 is 1.38 bits per heavy atom. The number of halogens is 2. The fourth-order valence-corrected chi connectivity index (χ4v) is 2.91. The van der Waals surface area contributed by atoms with Gasteiger partial charge in [0.2, 0.25) is 0 Å². The normalized spacial score (nSPS) is 18.0. The van der Waals surface area contributed by atoms with E-state index >= 15 is 0 Å². The zero-order valence-corrected chi connectivity index (χ0v) is 12.7. The molecule has 2 rings (SSSR count). The van der Waals surface area contributed by atoms with E-state index < -0.39 is 11.6 Å². The van der Waals surface area contributed by atoms with Crippen molar-refractivity contribution in [2.24, 2.45) is 11.7 Å². The lowest BCUT2D eigenvalue weighted by molar-refractivity contribution is 0.0818. The van der Waals surface area contributed by atoms with Crippen molar-refractivity contribution in [3.05, 3.63) is 35.4 Å². The molecule has 0 aromatic heterocycles. The number of ether oxygens (including phenoxy) is 1. The molecule has 1 saturated carbocycles. The van der Waals surface area contributed by atoms with Gasteiger partial charge in [-0.3, -0.25) is 4.90 Å². The Labute approximate surface area is 125 Å². The summed E-state index contributed by atoms with van der Waals surface area (Å²) in [6.07, 6.45) is 2.38. The Bertz CT molecular complexity index is 466. The van der Waals surface area contributed by atoms with Crippen LogP contribution in [0, 0.1) is 17.6 Å². The number of nitrogens with zero attached hydrogens (tertiary/aromatic N) is 1. The van der Waals surface area contributed by atoms with Gasteiger partial charge in [0.25, 0.3) is 0 Å². The molecular weight excluding hydrogens is 274 g/mol. The molecule has 1 aliphatic carbocycles. The van der Waals surface area contributed by atoms with E-state index in [2.05, 4.69) is 11.8 Å². The van der Waals surface area contributed by atoms with Crippen LogP contribution < -0.4 is 5.73 Å². The van der Waals surface area contributed by atoms with Crippen LogP contribution in [-0.2, 0) is 4.74 Å². The molecular formula is C16H24F2N2O. The summed E-state index contributed by atoms with van der Waals surface area (Å²) in [6, 6.07) is 4.25. The number of benzene rings is 1. The molecule has 0 amide bonds. The van der Waals surface area contributed by atoms with Crippen molar-refractivity contribution in [2.45, 2.75) is 31.8 Å². The van der Waals surface area contributed by atoms with Gasteiger partial charge in [-0.15, -0.1) is 0 Å². The van der Waals surface area contributed by atoms with E-state index in [9.17, 15) is 8.78 Å². The first-order valence-electron chi connectivity index (χ1n) is 7.48. The monoisotopic (exact) mass is 298 g/mol. The van der Waals surface area contributed by atoms with E-state index in [1.54, 1.807) is 13.2 Å². The summed E-state index contributed by atoms with van der Waals surface area (Å²) in [5.74, 6) is -0.998. The summed E-state index contributed by atoms with van der Waals surface area (Å²) < 4.78 is 32.8. The molecule has 1 aliphatic rings. The maximum absolute atomic E-state index is 14.1. The zero-order valence-electron chi connectivity index (χ0n) is 12.7. The second-order valence-electron chi connectivity index (χ2n) is 5.70. The van der Waals surface area contributed by atoms with Crippen molar-refractivity contribution in [3.63, 3.8) is 0 Å². The first kappa shape index (κ1) is 16.3. The Kier molecular flexibility index (Phi) is 5.67. The van der Waals surface area contributed by atoms with Crippen molar-refractivity contribution >= 4 is 0 Å². The van der Waals surface area contributed by atoms with Crippen molar-refractivity contribution in [2.75, 3.05) is 26.8 Å². The highest BCUT2D eigenvalue weighted by Gasteiger charge is 2.36. The summed E-state index contributed by atoms with van der Waals surface area (Å²) in [7, 11) is 1.64. The molecule has 118 valence electrons. The SMILES string of the molecule is COCCN(C(CN)c1cccc(F)c1F)C(C)C1CC1. The van der Waals surface area contributed by atoms with Crippen molar-refractivity contribution in [3.8, 4) is 0 Å². The second kappa shape index (κ2) is 7.29. The van der Waals surface area contributed by atoms with Gasteiger partial charge in [-0.1, -0.05) is 12.1 Å². The van der Waals surface area contributed by atoms with Crippen LogP contribution in [0.25, 0.3) is 0 Å². The minimum absolute atomic E-state index is 0.251. The van der Waals surface area contributed by atoms with E-state index in [1.807, 2.05) is 0 Å². The van der Waals surface area contributed by atoms with E-state index in [4.69, 9.17) is 10.5 Å². The van der Waals surface area contributed by atoms with Crippen LogP contribution in [0.15, 0.2) is 18.2 Å².